The summed E-state index contributed by atoms with van der Waals surface area (Å²) in [4.78, 5) is 9.96. The lowest BCUT2D eigenvalue weighted by molar-refractivity contribution is -0.384. The fraction of sp³-hybridized carbons (Fsp3) is 0.111. The number of non-ortho nitro benzene ring substituents is 1. The molecule has 2 rings (SSSR count). The number of nitro benzene ring substituents is 1. The molecule has 82 valence electrons. The highest BCUT2D eigenvalue weighted by molar-refractivity contribution is 5.55. The van der Waals surface area contributed by atoms with E-state index in [4.69, 9.17) is 9.15 Å². The van der Waals surface area contributed by atoms with Gasteiger partial charge in [-0.1, -0.05) is 5.10 Å². The third kappa shape index (κ3) is 1.83. The molecule has 0 spiro atoms. The van der Waals surface area contributed by atoms with E-state index in [1.54, 1.807) is 0 Å². The summed E-state index contributed by atoms with van der Waals surface area (Å²) in [6.45, 7) is 0. The van der Waals surface area contributed by atoms with E-state index >= 15 is 0 Å². The maximum Gasteiger partial charge on any atom is 0.414 e. The minimum Gasteiger partial charge on any atom is -0.452 e. The fourth-order valence-electron chi connectivity index (χ4n) is 1.13. The Morgan fingerprint density at radius 2 is 2.00 bits per heavy atom. The van der Waals surface area contributed by atoms with Gasteiger partial charge in [0.2, 0.25) is 0 Å². The summed E-state index contributed by atoms with van der Waals surface area (Å²) in [5.41, 5.74) is 0.608. The van der Waals surface area contributed by atoms with Gasteiger partial charge in [-0.3, -0.25) is 10.1 Å². The molecule has 0 amide bonds. The van der Waals surface area contributed by atoms with E-state index in [2.05, 4.69) is 10.2 Å². The van der Waals surface area contributed by atoms with Gasteiger partial charge in [-0.15, -0.1) is 5.10 Å². The first-order chi connectivity index (χ1) is 7.70. The average Bonchev–Trinajstić information content (AvgIpc) is 2.77. The van der Waals surface area contributed by atoms with Crippen LogP contribution in [0.3, 0.4) is 0 Å². The van der Waals surface area contributed by atoms with Crippen LogP contribution in [0.5, 0.6) is 6.08 Å². The van der Waals surface area contributed by atoms with Crippen molar-refractivity contribution in [3.05, 3.63) is 34.4 Å². The molecule has 1 aromatic carbocycles. The summed E-state index contributed by atoms with van der Waals surface area (Å²) >= 11 is 0. The minimum absolute atomic E-state index is 0.00947. The Morgan fingerprint density at radius 1 is 1.31 bits per heavy atom. The van der Waals surface area contributed by atoms with Gasteiger partial charge in [0, 0.05) is 17.7 Å². The summed E-state index contributed by atoms with van der Waals surface area (Å²) in [5, 5.41) is 17.7. The molecule has 0 aliphatic rings. The molecule has 0 atom stereocenters. The van der Waals surface area contributed by atoms with Gasteiger partial charge in [0.25, 0.3) is 11.6 Å². The van der Waals surface area contributed by atoms with E-state index in [-0.39, 0.29) is 17.7 Å². The molecule has 0 saturated heterocycles. The van der Waals surface area contributed by atoms with Crippen LogP contribution < -0.4 is 4.74 Å². The first kappa shape index (κ1) is 10.1. The van der Waals surface area contributed by atoms with Crippen molar-refractivity contribution in [2.75, 3.05) is 7.11 Å². The molecule has 1 aromatic heterocycles. The van der Waals surface area contributed by atoms with Crippen LogP contribution in [0.25, 0.3) is 11.5 Å². The number of rotatable bonds is 3. The zero-order valence-corrected chi connectivity index (χ0v) is 8.28. The normalized spacial score (nSPS) is 10.1. The lowest BCUT2D eigenvalue weighted by Crippen LogP contribution is -1.87. The van der Waals surface area contributed by atoms with E-state index in [9.17, 15) is 10.1 Å². The number of ether oxygens (including phenoxy) is 1. The van der Waals surface area contributed by atoms with Crippen molar-refractivity contribution < 1.29 is 14.1 Å². The van der Waals surface area contributed by atoms with Crippen LogP contribution in [-0.4, -0.2) is 22.2 Å². The largest absolute Gasteiger partial charge is 0.452 e. The van der Waals surface area contributed by atoms with Crippen LogP contribution in [-0.2, 0) is 0 Å². The Labute approximate surface area is 89.8 Å². The van der Waals surface area contributed by atoms with Crippen molar-refractivity contribution in [1.82, 2.24) is 10.2 Å². The van der Waals surface area contributed by atoms with Crippen LogP contribution >= 0.6 is 0 Å². The Kier molecular flexibility index (Phi) is 2.50. The van der Waals surface area contributed by atoms with Crippen LogP contribution in [0.2, 0.25) is 0 Å². The van der Waals surface area contributed by atoms with Gasteiger partial charge in [0.05, 0.1) is 12.0 Å². The lowest BCUT2D eigenvalue weighted by Gasteiger charge is -1.94. The van der Waals surface area contributed by atoms with Gasteiger partial charge in [-0.25, -0.2) is 0 Å². The van der Waals surface area contributed by atoms with Crippen molar-refractivity contribution in [3.8, 4) is 17.5 Å². The lowest BCUT2D eigenvalue weighted by atomic mass is 10.2. The van der Waals surface area contributed by atoms with Crippen LogP contribution in [0.4, 0.5) is 5.69 Å². The third-order valence-electron chi connectivity index (χ3n) is 1.91. The fourth-order valence-corrected chi connectivity index (χ4v) is 1.13. The number of hydrogen-bond acceptors (Lipinski definition) is 6. The highest BCUT2D eigenvalue weighted by atomic mass is 16.6. The molecular formula is C9H7N3O4. The monoisotopic (exact) mass is 221 g/mol. The van der Waals surface area contributed by atoms with Crippen LogP contribution in [0, 0.1) is 10.1 Å². The standard InChI is InChI=1S/C9H7N3O4/c1-15-9-11-10-8(16-9)6-2-4-7(5-3-6)12(13)14/h2-5H,1H3. The zero-order chi connectivity index (χ0) is 11.5. The van der Waals surface area contributed by atoms with Crippen molar-refractivity contribution >= 4 is 5.69 Å². The molecule has 0 N–H and O–H groups in total. The Hall–Kier alpha value is -2.44. The average molecular weight is 221 g/mol. The molecule has 0 bridgehead atoms. The summed E-state index contributed by atoms with van der Waals surface area (Å²) in [5.74, 6) is 0.256. The van der Waals surface area contributed by atoms with Gasteiger partial charge in [0.1, 0.15) is 0 Å². The van der Waals surface area contributed by atoms with Crippen LogP contribution in [0.15, 0.2) is 28.7 Å². The predicted octanol–water partition coefficient (Wildman–Crippen LogP) is 1.65. The number of methoxy groups -OCH3 is 1. The molecular weight excluding hydrogens is 214 g/mol. The third-order valence-corrected chi connectivity index (χ3v) is 1.91. The second kappa shape index (κ2) is 3.97. The Bertz CT molecular complexity index is 506. The molecule has 0 saturated carbocycles. The molecule has 2 aromatic rings. The second-order valence-electron chi connectivity index (χ2n) is 2.88. The number of benzene rings is 1. The van der Waals surface area contributed by atoms with Gasteiger partial charge in [0.15, 0.2) is 0 Å². The van der Waals surface area contributed by atoms with E-state index in [0.717, 1.165) is 0 Å². The molecule has 0 aliphatic heterocycles. The maximum atomic E-state index is 10.4. The smallest absolute Gasteiger partial charge is 0.414 e. The summed E-state index contributed by atoms with van der Waals surface area (Å²) in [7, 11) is 1.41. The summed E-state index contributed by atoms with van der Waals surface area (Å²) in [6.07, 6.45) is 0.0494. The van der Waals surface area contributed by atoms with Gasteiger partial charge >= 0.3 is 6.08 Å². The predicted molar refractivity (Wildman–Crippen MR) is 52.9 cm³/mol. The molecule has 16 heavy (non-hydrogen) atoms. The molecule has 1 heterocycles. The minimum atomic E-state index is -0.474. The molecule has 0 radical (unpaired) electrons. The van der Waals surface area contributed by atoms with E-state index in [1.165, 1.54) is 31.4 Å². The molecule has 0 unspecified atom stereocenters. The highest BCUT2D eigenvalue weighted by Gasteiger charge is 2.10. The number of hydrogen-bond donors (Lipinski definition) is 0. The molecule has 0 fully saturated rings. The number of aromatic nitrogens is 2. The van der Waals surface area contributed by atoms with Crippen molar-refractivity contribution in [3.63, 3.8) is 0 Å². The summed E-state index contributed by atoms with van der Waals surface area (Å²) < 4.78 is 9.83. The van der Waals surface area contributed by atoms with Crippen molar-refractivity contribution in [1.29, 1.82) is 0 Å². The van der Waals surface area contributed by atoms with Gasteiger partial charge in [-0.05, 0) is 12.1 Å². The van der Waals surface area contributed by atoms with Crippen LogP contribution in [0.1, 0.15) is 0 Å². The maximum absolute atomic E-state index is 10.4. The first-order valence-corrected chi connectivity index (χ1v) is 4.33. The van der Waals surface area contributed by atoms with E-state index in [1.807, 2.05) is 0 Å². The second-order valence-corrected chi connectivity index (χ2v) is 2.88. The van der Waals surface area contributed by atoms with Gasteiger partial charge in [-0.2, -0.15) is 0 Å². The zero-order valence-electron chi connectivity index (χ0n) is 8.28. The van der Waals surface area contributed by atoms with Crippen molar-refractivity contribution in [2.45, 2.75) is 0 Å². The van der Waals surface area contributed by atoms with E-state index < -0.39 is 4.92 Å². The quantitative estimate of drug-likeness (QED) is 0.578. The molecule has 0 aliphatic carbocycles. The molecule has 7 nitrogen and oxygen atoms in total. The first-order valence-electron chi connectivity index (χ1n) is 4.33. The number of nitro groups is 1. The van der Waals surface area contributed by atoms with Crippen molar-refractivity contribution in [2.24, 2.45) is 0 Å². The Balaban J connectivity index is 2.30. The SMILES string of the molecule is COc1nnc(-c2ccc([N+](=O)[O-])cc2)o1. The number of nitrogens with zero attached hydrogens (tertiary/aromatic N) is 3. The van der Waals surface area contributed by atoms with E-state index in [0.29, 0.717) is 5.56 Å². The Morgan fingerprint density at radius 3 is 2.50 bits per heavy atom. The van der Waals surface area contributed by atoms with Gasteiger partial charge < -0.3 is 9.15 Å². The summed E-state index contributed by atoms with van der Waals surface area (Å²) in [6, 6.07) is 5.80. The topological polar surface area (TPSA) is 91.3 Å². The highest BCUT2D eigenvalue weighted by Crippen LogP contribution is 2.22. The molecule has 7 heteroatoms.